The Balaban J connectivity index is 1.67. The number of hydrogen-bond acceptors (Lipinski definition) is 4. The van der Waals surface area contributed by atoms with E-state index in [1.54, 1.807) is 17.8 Å². The number of thioether (sulfide) groups is 1. The summed E-state index contributed by atoms with van der Waals surface area (Å²) in [6.45, 7) is 2.43. The number of halogens is 1. The summed E-state index contributed by atoms with van der Waals surface area (Å²) in [5.41, 5.74) is 1.62. The van der Waals surface area contributed by atoms with Crippen LogP contribution in [0.3, 0.4) is 0 Å². The van der Waals surface area contributed by atoms with Crippen molar-refractivity contribution < 1.29 is 4.79 Å². The molecule has 6 heteroatoms. The molecule has 4 nitrogen and oxygen atoms in total. The van der Waals surface area contributed by atoms with Crippen LogP contribution >= 0.6 is 23.4 Å². The minimum atomic E-state index is -0.131. The number of nitrogens with one attached hydrogen (secondary N) is 1. The van der Waals surface area contributed by atoms with Crippen LogP contribution in [0.25, 0.3) is 0 Å². The van der Waals surface area contributed by atoms with Crippen molar-refractivity contribution in [1.82, 2.24) is 10.3 Å². The Morgan fingerprint density at radius 1 is 1.25 bits per heavy atom. The number of carbonyl (C=O) groups is 1. The first-order valence-electron chi connectivity index (χ1n) is 7.99. The lowest BCUT2D eigenvalue weighted by atomic mass is 10.2. The molecule has 0 unspecified atom stereocenters. The first-order chi connectivity index (χ1) is 11.7. The number of hydrogen-bond donors (Lipinski definition) is 1. The van der Waals surface area contributed by atoms with Crippen LogP contribution in [0.2, 0.25) is 5.15 Å². The predicted molar refractivity (Wildman–Crippen MR) is 100 cm³/mol. The molecular weight excluding hydrogens is 342 g/mol. The molecule has 1 N–H and O–H groups in total. The molecule has 1 fully saturated rings. The summed E-state index contributed by atoms with van der Waals surface area (Å²) >= 11 is 7.80. The van der Waals surface area contributed by atoms with Crippen molar-refractivity contribution in [3.05, 3.63) is 52.7 Å². The highest BCUT2D eigenvalue weighted by molar-refractivity contribution is 7.98. The SMILES string of the molecule is CSc1ccc(CNC(=O)c2cc(Cl)nc(N3CCCC3)c2)cc1. The maximum atomic E-state index is 12.4. The Morgan fingerprint density at radius 3 is 2.62 bits per heavy atom. The topological polar surface area (TPSA) is 45.2 Å². The first-order valence-corrected chi connectivity index (χ1v) is 9.59. The molecule has 1 aromatic heterocycles. The number of aromatic nitrogens is 1. The fourth-order valence-corrected chi connectivity index (χ4v) is 3.36. The van der Waals surface area contributed by atoms with Gasteiger partial charge in [-0.25, -0.2) is 4.98 Å². The second-order valence-electron chi connectivity index (χ2n) is 5.76. The van der Waals surface area contributed by atoms with Crippen molar-refractivity contribution in [2.45, 2.75) is 24.3 Å². The Labute approximate surface area is 151 Å². The van der Waals surface area contributed by atoms with Gasteiger partial charge >= 0.3 is 0 Å². The van der Waals surface area contributed by atoms with Crippen LogP contribution in [0, 0.1) is 0 Å². The van der Waals surface area contributed by atoms with E-state index in [1.807, 2.05) is 24.5 Å². The van der Waals surface area contributed by atoms with Gasteiger partial charge in [-0.05, 0) is 48.9 Å². The molecule has 0 saturated carbocycles. The van der Waals surface area contributed by atoms with Crippen molar-refractivity contribution in [2.24, 2.45) is 0 Å². The highest BCUT2D eigenvalue weighted by atomic mass is 35.5. The zero-order chi connectivity index (χ0) is 16.9. The fourth-order valence-electron chi connectivity index (χ4n) is 2.75. The number of carbonyl (C=O) groups excluding carboxylic acids is 1. The molecule has 2 heterocycles. The molecule has 2 aromatic rings. The minimum Gasteiger partial charge on any atom is -0.357 e. The molecule has 0 aliphatic carbocycles. The van der Waals surface area contributed by atoms with E-state index in [0.717, 1.165) is 37.3 Å². The molecule has 0 radical (unpaired) electrons. The lowest BCUT2D eigenvalue weighted by molar-refractivity contribution is 0.0951. The van der Waals surface area contributed by atoms with E-state index in [1.165, 1.54) is 4.90 Å². The van der Waals surface area contributed by atoms with Crippen LogP contribution in [-0.2, 0) is 6.54 Å². The summed E-state index contributed by atoms with van der Waals surface area (Å²) < 4.78 is 0. The quantitative estimate of drug-likeness (QED) is 0.646. The van der Waals surface area contributed by atoms with Crippen LogP contribution in [0.4, 0.5) is 5.82 Å². The fraction of sp³-hybridized carbons (Fsp3) is 0.333. The monoisotopic (exact) mass is 361 g/mol. The van der Waals surface area contributed by atoms with Gasteiger partial charge in [0.05, 0.1) is 0 Å². The number of pyridine rings is 1. The normalized spacial score (nSPS) is 14.0. The Kier molecular flexibility index (Phi) is 5.63. The largest absolute Gasteiger partial charge is 0.357 e. The summed E-state index contributed by atoms with van der Waals surface area (Å²) in [5, 5.41) is 3.30. The van der Waals surface area contributed by atoms with E-state index in [0.29, 0.717) is 17.3 Å². The third kappa shape index (κ3) is 4.22. The molecule has 0 spiro atoms. The number of benzene rings is 1. The highest BCUT2D eigenvalue weighted by Gasteiger charge is 2.16. The minimum absolute atomic E-state index is 0.131. The molecule has 126 valence electrons. The second-order valence-corrected chi connectivity index (χ2v) is 7.03. The van der Waals surface area contributed by atoms with Gasteiger partial charge in [0.15, 0.2) is 0 Å². The number of rotatable bonds is 5. The summed E-state index contributed by atoms with van der Waals surface area (Å²) in [6, 6.07) is 11.6. The Bertz CT molecular complexity index is 715. The molecule has 1 aliphatic heterocycles. The smallest absolute Gasteiger partial charge is 0.251 e. The summed E-state index contributed by atoms with van der Waals surface area (Å²) in [5.74, 6) is 0.656. The standard InChI is InChI=1S/C18H20ClN3OS/c1-24-15-6-4-13(5-7-15)12-20-18(23)14-10-16(19)21-17(11-14)22-8-2-3-9-22/h4-7,10-11H,2-3,8-9,12H2,1H3,(H,20,23). The average molecular weight is 362 g/mol. The van der Waals surface area contributed by atoms with Crippen LogP contribution < -0.4 is 10.2 Å². The van der Waals surface area contributed by atoms with Crippen molar-refractivity contribution in [3.8, 4) is 0 Å². The molecule has 1 aliphatic rings. The molecule has 3 rings (SSSR count). The van der Waals surface area contributed by atoms with E-state index in [4.69, 9.17) is 11.6 Å². The summed E-state index contributed by atoms with van der Waals surface area (Å²) in [4.78, 5) is 20.2. The van der Waals surface area contributed by atoms with Gasteiger partial charge in [0.2, 0.25) is 0 Å². The number of anilines is 1. The van der Waals surface area contributed by atoms with Crippen LogP contribution in [0.1, 0.15) is 28.8 Å². The van der Waals surface area contributed by atoms with Gasteiger partial charge in [-0.2, -0.15) is 0 Å². The zero-order valence-electron chi connectivity index (χ0n) is 13.6. The van der Waals surface area contributed by atoms with Gasteiger partial charge in [0.1, 0.15) is 11.0 Å². The van der Waals surface area contributed by atoms with Gasteiger partial charge in [-0.3, -0.25) is 4.79 Å². The Hall–Kier alpha value is -1.72. The van der Waals surface area contributed by atoms with E-state index < -0.39 is 0 Å². The van der Waals surface area contributed by atoms with Crippen LogP contribution in [-0.4, -0.2) is 30.2 Å². The number of amides is 1. The third-order valence-corrected chi connectivity index (χ3v) is 5.02. The van der Waals surface area contributed by atoms with Crippen LogP contribution in [0.15, 0.2) is 41.3 Å². The maximum Gasteiger partial charge on any atom is 0.251 e. The van der Waals surface area contributed by atoms with Crippen molar-refractivity contribution >= 4 is 35.1 Å². The Morgan fingerprint density at radius 2 is 1.96 bits per heavy atom. The van der Waals surface area contributed by atoms with Gasteiger partial charge in [0, 0.05) is 30.1 Å². The predicted octanol–water partition coefficient (Wildman–Crippen LogP) is 3.99. The molecule has 0 atom stereocenters. The van der Waals surface area contributed by atoms with E-state index >= 15 is 0 Å². The molecular formula is C18H20ClN3OS. The van der Waals surface area contributed by atoms with E-state index in [2.05, 4.69) is 27.3 Å². The van der Waals surface area contributed by atoms with Gasteiger partial charge in [-0.1, -0.05) is 23.7 Å². The van der Waals surface area contributed by atoms with E-state index in [-0.39, 0.29) is 5.91 Å². The summed E-state index contributed by atoms with van der Waals surface area (Å²) in [7, 11) is 0. The van der Waals surface area contributed by atoms with Gasteiger partial charge in [0.25, 0.3) is 5.91 Å². The van der Waals surface area contributed by atoms with E-state index in [9.17, 15) is 4.79 Å². The number of nitrogens with zero attached hydrogens (tertiary/aromatic N) is 2. The maximum absolute atomic E-state index is 12.4. The van der Waals surface area contributed by atoms with Crippen molar-refractivity contribution in [1.29, 1.82) is 0 Å². The van der Waals surface area contributed by atoms with Crippen molar-refractivity contribution in [3.63, 3.8) is 0 Å². The second kappa shape index (κ2) is 7.90. The molecule has 0 bridgehead atoms. The van der Waals surface area contributed by atoms with Crippen LogP contribution in [0.5, 0.6) is 0 Å². The molecule has 1 amide bonds. The molecule has 1 aromatic carbocycles. The highest BCUT2D eigenvalue weighted by Crippen LogP contribution is 2.22. The van der Waals surface area contributed by atoms with Crippen molar-refractivity contribution in [2.75, 3.05) is 24.2 Å². The average Bonchev–Trinajstić information content (AvgIpc) is 3.14. The van der Waals surface area contributed by atoms with Gasteiger partial charge in [-0.15, -0.1) is 11.8 Å². The third-order valence-electron chi connectivity index (χ3n) is 4.08. The molecule has 1 saturated heterocycles. The lowest BCUT2D eigenvalue weighted by Crippen LogP contribution is -2.24. The summed E-state index contributed by atoms with van der Waals surface area (Å²) in [6.07, 6.45) is 4.35. The molecule has 24 heavy (non-hydrogen) atoms. The lowest BCUT2D eigenvalue weighted by Gasteiger charge is -2.17. The first kappa shape index (κ1) is 17.1. The van der Waals surface area contributed by atoms with Gasteiger partial charge < -0.3 is 10.2 Å². The zero-order valence-corrected chi connectivity index (χ0v) is 15.2.